The van der Waals surface area contributed by atoms with E-state index in [1.165, 1.54) is 12.4 Å². The summed E-state index contributed by atoms with van der Waals surface area (Å²) in [4.78, 5) is 38.4. The van der Waals surface area contributed by atoms with Gasteiger partial charge in [0.2, 0.25) is 19.5 Å². The van der Waals surface area contributed by atoms with Crippen molar-refractivity contribution in [3.63, 3.8) is 0 Å². The van der Waals surface area contributed by atoms with Crippen molar-refractivity contribution in [2.75, 3.05) is 25.6 Å². The average Bonchev–Trinajstić information content (AvgIpc) is 3.68. The molecule has 5 heterocycles. The zero-order valence-corrected chi connectivity index (χ0v) is 21.7. The molecule has 2 aliphatic heterocycles. The van der Waals surface area contributed by atoms with Crippen LogP contribution in [0.25, 0.3) is 11.2 Å². The van der Waals surface area contributed by atoms with E-state index < -0.39 is 39.4 Å². The molecular weight excluding hydrogens is 516 g/mol. The summed E-state index contributed by atoms with van der Waals surface area (Å²) in [6.45, 7) is -0.316. The number of H-pyrrole nitrogens is 1. The van der Waals surface area contributed by atoms with Gasteiger partial charge >= 0.3 is 12.8 Å². The zero-order chi connectivity index (χ0) is 26.6. The van der Waals surface area contributed by atoms with E-state index in [4.69, 9.17) is 18.6 Å². The van der Waals surface area contributed by atoms with E-state index >= 15 is 0 Å². The first-order valence-electron chi connectivity index (χ1n) is 11.9. The van der Waals surface area contributed by atoms with E-state index in [0.29, 0.717) is 17.1 Å². The highest BCUT2D eigenvalue weighted by atomic mass is 31.2. The second-order valence-electron chi connectivity index (χ2n) is 9.31. The standard InChI is InChI=1S/C22H25BN7O7P/c1-27(2)22-25-19-16(20(31)26-22)28(3)13-30(19)21-18-17(36-23(37-18)14-7-5-4-6-8-14)15(35-21)11-34-38(32,33)29-10-9-24-12-29/h4-10,12-13,15,17-18,21H,11H2,1-3H3,(H-,25,26,31,32,33)/t15-,17-,18-,21-/m1/s1. The molecule has 0 spiro atoms. The fourth-order valence-electron chi connectivity index (χ4n) is 4.73. The smallest absolute Gasteiger partial charge is 0.494 e. The normalized spacial score (nSPS) is 24.6. The monoisotopic (exact) mass is 541 g/mol. The van der Waals surface area contributed by atoms with Gasteiger partial charge in [-0.05, 0) is 5.46 Å². The van der Waals surface area contributed by atoms with E-state index in [9.17, 15) is 14.3 Å². The molecule has 5 atom stereocenters. The van der Waals surface area contributed by atoms with Crippen molar-refractivity contribution in [1.82, 2.24) is 23.9 Å². The molecule has 0 radical (unpaired) electrons. The molecule has 38 heavy (non-hydrogen) atoms. The van der Waals surface area contributed by atoms with Crippen LogP contribution in [0.3, 0.4) is 0 Å². The van der Waals surface area contributed by atoms with Crippen LogP contribution in [0.4, 0.5) is 5.95 Å². The topological polar surface area (TPSA) is 153 Å². The minimum absolute atomic E-state index is 0.312. The average molecular weight is 541 g/mol. The number of hydrogen-bond acceptors (Lipinski definition) is 10. The maximum Gasteiger partial charge on any atom is 0.494 e. The summed E-state index contributed by atoms with van der Waals surface area (Å²) in [5.74, 6) is 0.371. The quantitative estimate of drug-likeness (QED) is 0.174. The Labute approximate surface area is 217 Å². The van der Waals surface area contributed by atoms with Crippen molar-refractivity contribution in [1.29, 1.82) is 0 Å². The van der Waals surface area contributed by atoms with Gasteiger partial charge in [-0.25, -0.2) is 9.55 Å². The molecule has 14 nitrogen and oxygen atoms in total. The molecule has 2 saturated heterocycles. The van der Waals surface area contributed by atoms with Gasteiger partial charge in [-0.1, -0.05) is 35.3 Å². The Kier molecular flexibility index (Phi) is 6.21. The SMILES string of the molecule is CN(C)c1nc2c(c(=O)[nH]1)n(C)c[n+]2[C@@H]1O[C@H](COP(=O)([O-])n2ccnc2)[C@H]2OB(c3ccccc3)O[C@H]21. The second kappa shape index (κ2) is 9.45. The molecule has 0 aliphatic carbocycles. The van der Waals surface area contributed by atoms with Crippen molar-refractivity contribution in [3.8, 4) is 0 Å². The van der Waals surface area contributed by atoms with Gasteiger partial charge in [0.1, 0.15) is 24.6 Å². The van der Waals surface area contributed by atoms with Gasteiger partial charge in [-0.15, -0.1) is 0 Å². The predicted molar refractivity (Wildman–Crippen MR) is 133 cm³/mol. The molecule has 16 heteroatoms. The molecule has 1 unspecified atom stereocenters. The van der Waals surface area contributed by atoms with Gasteiger partial charge in [0.25, 0.3) is 11.5 Å². The number of fused-ring (bicyclic) bond motifs is 2. The molecule has 6 rings (SSSR count). The molecule has 0 amide bonds. The van der Waals surface area contributed by atoms with Gasteiger partial charge in [0.05, 0.1) is 13.7 Å². The lowest BCUT2D eigenvalue weighted by atomic mass is 9.79. The summed E-state index contributed by atoms with van der Waals surface area (Å²) in [7, 11) is 0.119. The largest absolute Gasteiger partial charge is 0.761 e. The number of rotatable bonds is 7. The van der Waals surface area contributed by atoms with Gasteiger partial charge in [0, 0.05) is 26.5 Å². The molecular formula is C22H25BN7O7P. The molecule has 3 aromatic heterocycles. The van der Waals surface area contributed by atoms with Crippen LogP contribution in [0.1, 0.15) is 6.23 Å². The van der Waals surface area contributed by atoms with Crippen LogP contribution in [0.2, 0.25) is 0 Å². The number of imidazole rings is 2. The third-order valence-corrected chi connectivity index (χ3v) is 7.83. The van der Waals surface area contributed by atoms with Crippen LogP contribution in [-0.2, 0) is 30.2 Å². The van der Waals surface area contributed by atoms with Crippen LogP contribution >= 0.6 is 7.75 Å². The van der Waals surface area contributed by atoms with Crippen LogP contribution in [-0.4, -0.2) is 70.0 Å². The van der Waals surface area contributed by atoms with Gasteiger partial charge in [-0.2, -0.15) is 0 Å². The third-order valence-electron chi connectivity index (χ3n) is 6.55. The highest BCUT2D eigenvalue weighted by molar-refractivity contribution is 7.49. The summed E-state index contributed by atoms with van der Waals surface area (Å²) in [5, 5.41) is 0. The molecule has 4 aromatic rings. The third kappa shape index (κ3) is 4.26. The summed E-state index contributed by atoms with van der Waals surface area (Å²) in [5.41, 5.74) is 1.22. The number of aromatic nitrogens is 6. The van der Waals surface area contributed by atoms with E-state index in [1.807, 2.05) is 30.3 Å². The zero-order valence-electron chi connectivity index (χ0n) is 20.8. The number of ether oxygens (including phenoxy) is 1. The maximum absolute atomic E-state index is 12.9. The Balaban J connectivity index is 1.36. The molecule has 198 valence electrons. The van der Waals surface area contributed by atoms with Gasteiger partial charge in [-0.3, -0.25) is 23.2 Å². The van der Waals surface area contributed by atoms with Gasteiger partial charge < -0.3 is 28.4 Å². The highest BCUT2D eigenvalue weighted by Gasteiger charge is 2.57. The Hall–Kier alpha value is -3.33. The molecule has 2 fully saturated rings. The number of anilines is 1. The molecule has 0 saturated carbocycles. The molecule has 1 N–H and O–H groups in total. The Bertz CT molecular complexity index is 1560. The summed E-state index contributed by atoms with van der Waals surface area (Å²) >= 11 is 0. The number of nitrogens with zero attached hydrogens (tertiary/aromatic N) is 6. The predicted octanol–water partition coefficient (Wildman–Crippen LogP) is -1.08. The Morgan fingerprint density at radius 3 is 2.74 bits per heavy atom. The molecule has 0 bridgehead atoms. The fourth-order valence-corrected chi connectivity index (χ4v) is 5.61. The van der Waals surface area contributed by atoms with Crippen molar-refractivity contribution in [3.05, 3.63) is 65.7 Å². The van der Waals surface area contributed by atoms with Gasteiger partial charge in [0.15, 0.2) is 6.33 Å². The number of nitrogens with one attached hydrogen (secondary N) is 1. The second-order valence-corrected chi connectivity index (χ2v) is 11.0. The van der Waals surface area contributed by atoms with Crippen LogP contribution < -0.4 is 25.4 Å². The molecule has 2 aliphatic rings. The lowest BCUT2D eigenvalue weighted by Gasteiger charge is -2.26. The minimum Gasteiger partial charge on any atom is -0.761 e. The summed E-state index contributed by atoms with van der Waals surface area (Å²) in [6.07, 6.45) is 2.58. The first-order valence-corrected chi connectivity index (χ1v) is 13.4. The highest BCUT2D eigenvalue weighted by Crippen LogP contribution is 2.42. The van der Waals surface area contributed by atoms with E-state index in [0.717, 1.165) is 16.1 Å². The minimum atomic E-state index is -4.46. The van der Waals surface area contributed by atoms with Crippen LogP contribution in [0.15, 0.2) is 60.2 Å². The van der Waals surface area contributed by atoms with E-state index in [2.05, 4.69) is 15.0 Å². The Morgan fingerprint density at radius 2 is 2.03 bits per heavy atom. The van der Waals surface area contributed by atoms with Crippen LogP contribution in [0.5, 0.6) is 0 Å². The molecule has 1 aromatic carbocycles. The first-order chi connectivity index (χ1) is 18.2. The van der Waals surface area contributed by atoms with E-state index in [1.54, 1.807) is 41.5 Å². The number of aromatic amines is 1. The lowest BCUT2D eigenvalue weighted by Crippen LogP contribution is -2.46. The van der Waals surface area contributed by atoms with E-state index in [-0.39, 0.29) is 12.2 Å². The van der Waals surface area contributed by atoms with Crippen LogP contribution in [0, 0.1) is 0 Å². The summed E-state index contributed by atoms with van der Waals surface area (Å²) < 4.78 is 41.1. The number of hydrogen-bond donors (Lipinski definition) is 1. The number of aryl methyl sites for hydroxylation is 1. The maximum atomic E-state index is 12.9. The van der Waals surface area contributed by atoms with Crippen molar-refractivity contribution in [2.45, 2.75) is 24.5 Å². The Morgan fingerprint density at radius 1 is 1.26 bits per heavy atom. The number of benzene rings is 1. The summed E-state index contributed by atoms with van der Waals surface area (Å²) in [6, 6.07) is 9.41. The fraction of sp³-hybridized carbons (Fsp3) is 0.364. The van der Waals surface area contributed by atoms with Crippen molar-refractivity contribution in [2.24, 2.45) is 7.05 Å². The first kappa shape index (κ1) is 25.0. The van der Waals surface area contributed by atoms with Crippen molar-refractivity contribution < 1.29 is 32.6 Å². The lowest BCUT2D eigenvalue weighted by molar-refractivity contribution is -0.744. The van der Waals surface area contributed by atoms with Crippen molar-refractivity contribution >= 4 is 37.4 Å².